The minimum atomic E-state index is -1.21. The van der Waals surface area contributed by atoms with E-state index >= 15 is 0 Å². The van der Waals surface area contributed by atoms with E-state index in [9.17, 15) is 14.0 Å². The molecular weight excluding hydrogens is 331 g/mol. The largest absolute Gasteiger partial charge is 0.479 e. The molecule has 0 fully saturated rings. The number of benzene rings is 1. The van der Waals surface area contributed by atoms with Crippen LogP contribution in [0.4, 0.5) is 26.4 Å². The number of pyridine rings is 1. The van der Waals surface area contributed by atoms with Crippen LogP contribution in [0.1, 0.15) is 6.92 Å². The summed E-state index contributed by atoms with van der Waals surface area (Å²) in [6.07, 6.45) is -2.32. The first-order valence-corrected chi connectivity index (χ1v) is 7.20. The molecular formula is C16H17FN4O4. The number of para-hydroxylation sites is 1. The minimum absolute atomic E-state index is 0.0608. The summed E-state index contributed by atoms with van der Waals surface area (Å²) in [5.41, 5.74) is 11.1. The third kappa shape index (κ3) is 3.94. The van der Waals surface area contributed by atoms with Crippen LogP contribution < -0.4 is 21.1 Å². The van der Waals surface area contributed by atoms with Gasteiger partial charge in [-0.25, -0.2) is 9.18 Å². The second-order valence-electron chi connectivity index (χ2n) is 4.98. The van der Waals surface area contributed by atoms with Crippen molar-refractivity contribution in [2.45, 2.75) is 13.0 Å². The number of aromatic nitrogens is 1. The number of nitrogens with two attached hydrogens (primary N) is 2. The number of anilines is 3. The lowest BCUT2D eigenvalue weighted by molar-refractivity contribution is -0.125. The highest BCUT2D eigenvalue weighted by Gasteiger charge is 2.29. The van der Waals surface area contributed by atoms with E-state index in [1.807, 2.05) is 0 Å². The number of primary amides is 1. The molecule has 0 saturated carbocycles. The Bertz CT molecular complexity index is 785. The van der Waals surface area contributed by atoms with E-state index in [4.69, 9.17) is 20.9 Å². The fourth-order valence-electron chi connectivity index (χ4n) is 2.14. The molecule has 132 valence electrons. The minimum Gasteiger partial charge on any atom is -0.479 e. The van der Waals surface area contributed by atoms with Gasteiger partial charge in [-0.2, -0.15) is 4.98 Å². The molecule has 2 amide bonds. The van der Waals surface area contributed by atoms with Crippen molar-refractivity contribution in [3.05, 3.63) is 42.2 Å². The summed E-state index contributed by atoms with van der Waals surface area (Å²) in [5, 5.41) is 0. The maximum absolute atomic E-state index is 13.8. The van der Waals surface area contributed by atoms with Crippen LogP contribution >= 0.6 is 0 Å². The second kappa shape index (κ2) is 7.47. The van der Waals surface area contributed by atoms with Gasteiger partial charge in [-0.15, -0.1) is 0 Å². The molecule has 0 aliphatic rings. The smallest absolute Gasteiger partial charge is 0.405 e. The maximum atomic E-state index is 13.8. The maximum Gasteiger partial charge on any atom is 0.405 e. The Kier molecular flexibility index (Phi) is 5.38. The highest BCUT2D eigenvalue weighted by Crippen LogP contribution is 2.32. The molecule has 0 aliphatic carbocycles. The third-order valence-corrected chi connectivity index (χ3v) is 3.23. The zero-order valence-electron chi connectivity index (χ0n) is 13.6. The molecule has 8 nitrogen and oxygen atoms in total. The lowest BCUT2D eigenvalue weighted by atomic mass is 10.2. The standard InChI is InChI=1S/C16H17FN4O4/c1-9(25-16(19)23)15(22)21(10-6-4-3-5-7-10)13-12(18)8-11(17)14(20-13)24-2/h3-9H,18H2,1-2H3,(H2,19,23). The predicted molar refractivity (Wildman–Crippen MR) is 88.9 cm³/mol. The number of nitrogens with zero attached hydrogens (tertiary/aromatic N) is 2. The average Bonchev–Trinajstić information content (AvgIpc) is 2.57. The highest BCUT2D eigenvalue weighted by molar-refractivity contribution is 6.04. The second-order valence-corrected chi connectivity index (χ2v) is 4.98. The van der Waals surface area contributed by atoms with Gasteiger partial charge in [0.15, 0.2) is 17.7 Å². The lowest BCUT2D eigenvalue weighted by Gasteiger charge is -2.26. The van der Waals surface area contributed by atoms with Crippen LogP contribution in [0.25, 0.3) is 0 Å². The quantitative estimate of drug-likeness (QED) is 0.852. The molecule has 1 aromatic carbocycles. The van der Waals surface area contributed by atoms with Gasteiger partial charge in [-0.05, 0) is 19.1 Å². The van der Waals surface area contributed by atoms with E-state index in [-0.39, 0.29) is 17.4 Å². The first kappa shape index (κ1) is 18.0. The van der Waals surface area contributed by atoms with Crippen LogP contribution in [0.5, 0.6) is 5.88 Å². The number of nitrogen functional groups attached to an aromatic ring is 1. The van der Waals surface area contributed by atoms with Crippen LogP contribution in [-0.2, 0) is 9.53 Å². The number of hydrogen-bond acceptors (Lipinski definition) is 6. The van der Waals surface area contributed by atoms with Crippen LogP contribution in [0.15, 0.2) is 36.4 Å². The normalized spacial score (nSPS) is 11.5. The molecule has 25 heavy (non-hydrogen) atoms. The Morgan fingerprint density at radius 1 is 1.28 bits per heavy atom. The number of hydrogen-bond donors (Lipinski definition) is 2. The molecule has 1 atom stereocenters. The number of carbonyl (C=O) groups is 2. The van der Waals surface area contributed by atoms with Crippen molar-refractivity contribution >= 4 is 29.2 Å². The van der Waals surface area contributed by atoms with E-state index < -0.39 is 23.9 Å². The third-order valence-electron chi connectivity index (χ3n) is 3.23. The van der Waals surface area contributed by atoms with Crippen LogP contribution in [-0.4, -0.2) is 30.2 Å². The van der Waals surface area contributed by atoms with Crippen molar-refractivity contribution < 1.29 is 23.5 Å². The van der Waals surface area contributed by atoms with Gasteiger partial charge in [0.2, 0.25) is 0 Å². The van der Waals surface area contributed by atoms with Gasteiger partial charge >= 0.3 is 6.09 Å². The van der Waals surface area contributed by atoms with Gasteiger partial charge in [0, 0.05) is 6.07 Å². The molecule has 0 bridgehead atoms. The molecule has 0 saturated heterocycles. The van der Waals surface area contributed by atoms with Gasteiger partial charge < -0.3 is 20.9 Å². The fourth-order valence-corrected chi connectivity index (χ4v) is 2.14. The van der Waals surface area contributed by atoms with E-state index in [1.54, 1.807) is 30.3 Å². The molecule has 1 aromatic heterocycles. The molecule has 2 rings (SSSR count). The zero-order chi connectivity index (χ0) is 18.6. The Morgan fingerprint density at radius 3 is 2.48 bits per heavy atom. The van der Waals surface area contributed by atoms with E-state index in [1.165, 1.54) is 14.0 Å². The topological polar surface area (TPSA) is 121 Å². The molecule has 1 unspecified atom stereocenters. The van der Waals surface area contributed by atoms with Crippen molar-refractivity contribution in [2.24, 2.45) is 5.73 Å². The first-order valence-electron chi connectivity index (χ1n) is 7.20. The van der Waals surface area contributed by atoms with Gasteiger partial charge in [0.1, 0.15) is 0 Å². The number of carbonyl (C=O) groups excluding carboxylic acids is 2. The Morgan fingerprint density at radius 2 is 1.92 bits per heavy atom. The van der Waals surface area contributed by atoms with Gasteiger partial charge in [-0.1, -0.05) is 18.2 Å². The summed E-state index contributed by atoms with van der Waals surface area (Å²) < 4.78 is 23.3. The van der Waals surface area contributed by atoms with Crippen molar-refractivity contribution in [2.75, 3.05) is 17.7 Å². The number of methoxy groups -OCH3 is 1. The van der Waals surface area contributed by atoms with Crippen LogP contribution in [0.2, 0.25) is 0 Å². The Balaban J connectivity index is 2.57. The summed E-state index contributed by atoms with van der Waals surface area (Å²) in [6, 6.07) is 9.34. The van der Waals surface area contributed by atoms with Crippen molar-refractivity contribution in [3.63, 3.8) is 0 Å². The molecule has 9 heteroatoms. The van der Waals surface area contributed by atoms with Gasteiger partial charge in [-0.3, -0.25) is 9.69 Å². The van der Waals surface area contributed by atoms with Crippen LogP contribution in [0, 0.1) is 5.82 Å². The number of rotatable bonds is 5. The van der Waals surface area contributed by atoms with E-state index in [0.717, 1.165) is 11.0 Å². The van der Waals surface area contributed by atoms with E-state index in [0.29, 0.717) is 5.69 Å². The first-order chi connectivity index (χ1) is 11.8. The number of halogens is 1. The van der Waals surface area contributed by atoms with Crippen molar-refractivity contribution in [1.29, 1.82) is 0 Å². The number of ether oxygens (including phenoxy) is 2. The predicted octanol–water partition coefficient (Wildman–Crippen LogP) is 1.96. The highest BCUT2D eigenvalue weighted by atomic mass is 19.1. The summed E-state index contributed by atoms with van der Waals surface area (Å²) in [7, 11) is 1.24. The molecule has 0 aliphatic heterocycles. The van der Waals surface area contributed by atoms with Crippen LogP contribution in [0.3, 0.4) is 0 Å². The number of amides is 2. The zero-order valence-corrected chi connectivity index (χ0v) is 13.6. The lowest BCUT2D eigenvalue weighted by Crippen LogP contribution is -2.39. The molecule has 2 aromatic rings. The molecule has 0 spiro atoms. The molecule has 0 radical (unpaired) electrons. The Labute approximate surface area is 143 Å². The summed E-state index contributed by atoms with van der Waals surface area (Å²) in [5.74, 6) is -1.83. The van der Waals surface area contributed by atoms with Crippen molar-refractivity contribution in [1.82, 2.24) is 4.98 Å². The summed E-state index contributed by atoms with van der Waals surface area (Å²) >= 11 is 0. The SMILES string of the molecule is COc1nc(N(C(=O)C(C)OC(N)=O)c2ccccc2)c(N)cc1F. The summed E-state index contributed by atoms with van der Waals surface area (Å²) in [4.78, 5) is 28.8. The van der Waals surface area contributed by atoms with E-state index in [2.05, 4.69) is 4.98 Å². The van der Waals surface area contributed by atoms with Crippen molar-refractivity contribution in [3.8, 4) is 5.88 Å². The van der Waals surface area contributed by atoms with Gasteiger partial charge in [0.05, 0.1) is 18.5 Å². The molecule has 4 N–H and O–H groups in total. The summed E-state index contributed by atoms with van der Waals surface area (Å²) in [6.45, 7) is 1.35. The van der Waals surface area contributed by atoms with Gasteiger partial charge in [0.25, 0.3) is 11.8 Å². The average molecular weight is 348 g/mol. The Hall–Kier alpha value is -3.36. The molecule has 1 heterocycles. The fraction of sp³-hybridized carbons (Fsp3) is 0.188. The monoisotopic (exact) mass is 348 g/mol.